The largest absolute Gasteiger partial charge is 0.352 e. The van der Waals surface area contributed by atoms with Crippen molar-refractivity contribution in [3.8, 4) is 0 Å². The molecule has 0 atom stereocenters. The quantitative estimate of drug-likeness (QED) is 0.289. The standard InChI is InChI=1S/C25H22N4O2S3/c30-23(27-11-3-13-28-14-12-26-16-28)17-6-8-18(9-7-17)29-24(31)22(34-25(29)32)20-10-15-33-21-5-2-1-4-19(20)21/h1-2,4-9,12,14,16H,3,10-11,13,15H2,(H,27,30). The molecular weight excluding hydrogens is 485 g/mol. The molecule has 5 rings (SSSR count). The minimum absolute atomic E-state index is 0.0941. The van der Waals surface area contributed by atoms with E-state index in [-0.39, 0.29) is 11.8 Å². The van der Waals surface area contributed by atoms with Crippen molar-refractivity contribution >= 4 is 63.1 Å². The molecule has 3 heterocycles. The Labute approximate surface area is 211 Å². The number of hydrogen-bond acceptors (Lipinski definition) is 6. The van der Waals surface area contributed by atoms with E-state index in [9.17, 15) is 9.59 Å². The third-order valence-corrected chi connectivity index (χ3v) is 8.18. The number of anilines is 1. The van der Waals surface area contributed by atoms with E-state index in [0.29, 0.717) is 27.0 Å². The maximum atomic E-state index is 13.4. The molecule has 0 bridgehead atoms. The molecule has 1 N–H and O–H groups in total. The first-order chi connectivity index (χ1) is 16.6. The van der Waals surface area contributed by atoms with Crippen molar-refractivity contribution in [2.75, 3.05) is 17.2 Å². The summed E-state index contributed by atoms with van der Waals surface area (Å²) in [4.78, 5) is 33.4. The van der Waals surface area contributed by atoms with Gasteiger partial charge in [-0.05, 0) is 54.3 Å². The van der Waals surface area contributed by atoms with Crippen LogP contribution in [-0.2, 0) is 11.3 Å². The Morgan fingerprint density at radius 3 is 2.76 bits per heavy atom. The van der Waals surface area contributed by atoms with Crippen molar-refractivity contribution in [2.24, 2.45) is 0 Å². The lowest BCUT2D eigenvalue weighted by Gasteiger charge is -2.20. The minimum Gasteiger partial charge on any atom is -0.352 e. The highest BCUT2D eigenvalue weighted by Gasteiger charge is 2.36. The summed E-state index contributed by atoms with van der Waals surface area (Å²) >= 11 is 8.76. The number of amides is 2. The number of allylic oxidation sites excluding steroid dienone is 1. The second-order valence-electron chi connectivity index (χ2n) is 7.87. The van der Waals surface area contributed by atoms with E-state index in [1.807, 2.05) is 34.7 Å². The van der Waals surface area contributed by atoms with Crippen molar-refractivity contribution in [1.82, 2.24) is 14.9 Å². The van der Waals surface area contributed by atoms with Gasteiger partial charge in [0, 0.05) is 41.7 Å². The van der Waals surface area contributed by atoms with Gasteiger partial charge in [0.2, 0.25) is 0 Å². The number of imidazole rings is 1. The normalized spacial score (nSPS) is 17.7. The molecular formula is C25H22N4O2S3. The second kappa shape index (κ2) is 10.2. The Bertz CT molecular complexity index is 1270. The highest BCUT2D eigenvalue weighted by molar-refractivity contribution is 8.27. The number of nitrogens with zero attached hydrogens (tertiary/aromatic N) is 3. The lowest BCUT2D eigenvalue weighted by molar-refractivity contribution is -0.113. The molecule has 2 amide bonds. The first-order valence-electron chi connectivity index (χ1n) is 11.0. The van der Waals surface area contributed by atoms with Gasteiger partial charge in [0.25, 0.3) is 11.8 Å². The van der Waals surface area contributed by atoms with Crippen LogP contribution in [-0.4, -0.2) is 38.0 Å². The zero-order valence-corrected chi connectivity index (χ0v) is 20.7. The molecule has 9 heteroatoms. The zero-order chi connectivity index (χ0) is 23.5. The lowest BCUT2D eigenvalue weighted by Crippen LogP contribution is -2.28. The summed E-state index contributed by atoms with van der Waals surface area (Å²) in [6.07, 6.45) is 7.05. The first-order valence-corrected chi connectivity index (χ1v) is 13.2. The lowest BCUT2D eigenvalue weighted by atomic mass is 10.0. The van der Waals surface area contributed by atoms with E-state index >= 15 is 0 Å². The number of aryl methyl sites for hydroxylation is 1. The predicted molar refractivity (Wildman–Crippen MR) is 142 cm³/mol. The number of carbonyl (C=O) groups excluding carboxylic acids is 2. The fraction of sp³-hybridized carbons (Fsp3) is 0.200. The maximum absolute atomic E-state index is 13.4. The number of nitrogens with one attached hydrogen (secondary N) is 1. The van der Waals surface area contributed by atoms with Crippen molar-refractivity contribution in [3.05, 3.63) is 83.3 Å². The molecule has 0 aliphatic carbocycles. The van der Waals surface area contributed by atoms with E-state index < -0.39 is 0 Å². The van der Waals surface area contributed by atoms with Gasteiger partial charge in [-0.15, -0.1) is 11.8 Å². The van der Waals surface area contributed by atoms with Crippen molar-refractivity contribution < 1.29 is 9.59 Å². The molecule has 1 saturated heterocycles. The maximum Gasteiger partial charge on any atom is 0.271 e. The number of aromatic nitrogens is 2. The highest BCUT2D eigenvalue weighted by Crippen LogP contribution is 2.45. The predicted octanol–water partition coefficient (Wildman–Crippen LogP) is 4.98. The van der Waals surface area contributed by atoms with Gasteiger partial charge in [-0.2, -0.15) is 0 Å². The molecule has 172 valence electrons. The smallest absolute Gasteiger partial charge is 0.271 e. The zero-order valence-electron chi connectivity index (χ0n) is 18.3. The minimum atomic E-state index is -0.138. The van der Waals surface area contributed by atoms with Gasteiger partial charge < -0.3 is 9.88 Å². The Morgan fingerprint density at radius 2 is 1.97 bits per heavy atom. The summed E-state index contributed by atoms with van der Waals surface area (Å²) in [6, 6.07) is 15.2. The van der Waals surface area contributed by atoms with E-state index in [0.717, 1.165) is 36.3 Å². The van der Waals surface area contributed by atoms with Crippen LogP contribution in [0.5, 0.6) is 0 Å². The van der Waals surface area contributed by atoms with Gasteiger partial charge >= 0.3 is 0 Å². The van der Waals surface area contributed by atoms with Gasteiger partial charge in [-0.3, -0.25) is 14.5 Å². The van der Waals surface area contributed by atoms with Crippen molar-refractivity contribution in [2.45, 2.75) is 24.3 Å². The summed E-state index contributed by atoms with van der Waals surface area (Å²) in [7, 11) is 0. The Morgan fingerprint density at radius 1 is 1.15 bits per heavy atom. The monoisotopic (exact) mass is 506 g/mol. The third kappa shape index (κ3) is 4.68. The summed E-state index contributed by atoms with van der Waals surface area (Å²) in [5, 5.41) is 2.93. The number of hydrogen-bond donors (Lipinski definition) is 1. The van der Waals surface area contributed by atoms with Gasteiger partial charge in [0.1, 0.15) is 0 Å². The topological polar surface area (TPSA) is 67.2 Å². The average Bonchev–Trinajstić information content (AvgIpc) is 3.49. The summed E-state index contributed by atoms with van der Waals surface area (Å²) in [5.41, 5.74) is 3.42. The van der Waals surface area contributed by atoms with E-state index in [1.54, 1.807) is 41.7 Å². The number of carbonyl (C=O) groups is 2. The van der Waals surface area contributed by atoms with Crippen LogP contribution in [0, 0.1) is 0 Å². The molecule has 34 heavy (non-hydrogen) atoms. The number of rotatable bonds is 6. The molecule has 2 aliphatic rings. The van der Waals surface area contributed by atoms with Gasteiger partial charge in [-0.25, -0.2) is 4.98 Å². The van der Waals surface area contributed by atoms with Crippen LogP contribution in [0.25, 0.3) is 5.57 Å². The number of fused-ring (bicyclic) bond motifs is 1. The number of thioether (sulfide) groups is 2. The SMILES string of the molecule is O=C(NCCCn1ccnc1)c1ccc(N2C(=O)C(=C3CCSc4ccccc43)SC2=S)cc1. The molecule has 2 aliphatic heterocycles. The Balaban J connectivity index is 1.27. The van der Waals surface area contributed by atoms with Crippen LogP contribution in [0.1, 0.15) is 28.8 Å². The van der Waals surface area contributed by atoms with Crippen LogP contribution in [0.2, 0.25) is 0 Å². The molecule has 1 aromatic heterocycles. The van der Waals surface area contributed by atoms with Crippen LogP contribution in [0.4, 0.5) is 5.69 Å². The Kier molecular flexibility index (Phi) is 6.85. The van der Waals surface area contributed by atoms with Crippen LogP contribution in [0.3, 0.4) is 0 Å². The molecule has 0 radical (unpaired) electrons. The Hall–Kier alpha value is -2.88. The average molecular weight is 507 g/mol. The molecule has 3 aromatic rings. The van der Waals surface area contributed by atoms with Crippen molar-refractivity contribution in [3.63, 3.8) is 0 Å². The molecule has 1 fully saturated rings. The summed E-state index contributed by atoms with van der Waals surface area (Å²) in [6.45, 7) is 1.37. The number of benzene rings is 2. The van der Waals surface area contributed by atoms with Crippen LogP contribution in [0.15, 0.2) is 77.1 Å². The molecule has 0 unspecified atom stereocenters. The number of thiocarbonyl (C=S) groups is 1. The summed E-state index contributed by atoms with van der Waals surface area (Å²) in [5.74, 6) is 0.715. The second-order valence-corrected chi connectivity index (χ2v) is 10.6. The van der Waals surface area contributed by atoms with Crippen LogP contribution < -0.4 is 10.2 Å². The van der Waals surface area contributed by atoms with Gasteiger partial charge in [0.05, 0.1) is 16.9 Å². The molecule has 0 saturated carbocycles. The molecule has 2 aromatic carbocycles. The van der Waals surface area contributed by atoms with E-state index in [4.69, 9.17) is 12.2 Å². The summed E-state index contributed by atoms with van der Waals surface area (Å²) < 4.78 is 2.49. The van der Waals surface area contributed by atoms with Gasteiger partial charge in [0.15, 0.2) is 4.32 Å². The van der Waals surface area contributed by atoms with E-state index in [2.05, 4.69) is 22.4 Å². The molecule has 0 spiro atoms. The van der Waals surface area contributed by atoms with E-state index in [1.165, 1.54) is 16.7 Å². The van der Waals surface area contributed by atoms with Crippen LogP contribution >= 0.6 is 35.7 Å². The van der Waals surface area contributed by atoms with Gasteiger partial charge in [-0.1, -0.05) is 42.2 Å². The fourth-order valence-corrected chi connectivity index (χ4v) is 6.45. The third-order valence-electron chi connectivity index (χ3n) is 5.69. The fourth-order valence-electron chi connectivity index (χ4n) is 4.00. The molecule has 6 nitrogen and oxygen atoms in total. The first kappa shape index (κ1) is 22.9. The highest BCUT2D eigenvalue weighted by atomic mass is 32.2. The van der Waals surface area contributed by atoms with Crippen molar-refractivity contribution in [1.29, 1.82) is 0 Å².